The molecule has 2 aromatic carbocycles. The van der Waals surface area contributed by atoms with Gasteiger partial charge in [-0.25, -0.2) is 4.39 Å². The smallest absolute Gasteiger partial charge is 0.266 e. The van der Waals surface area contributed by atoms with Gasteiger partial charge >= 0.3 is 0 Å². The molecule has 6 heteroatoms. The Morgan fingerprint density at radius 2 is 1.87 bits per heavy atom. The molecule has 0 aliphatic heterocycles. The summed E-state index contributed by atoms with van der Waals surface area (Å²) in [5.41, 5.74) is 3.12. The predicted molar refractivity (Wildman–Crippen MR) is 113 cm³/mol. The number of carbonyl (C=O) groups is 1. The molecule has 0 spiro atoms. The van der Waals surface area contributed by atoms with Gasteiger partial charge in [0, 0.05) is 6.20 Å². The zero-order valence-corrected chi connectivity index (χ0v) is 16.6. The molecule has 1 amide bonds. The van der Waals surface area contributed by atoms with Crippen molar-refractivity contribution < 1.29 is 13.9 Å². The Labute approximate surface area is 174 Å². The second-order valence-electron chi connectivity index (χ2n) is 6.70. The van der Waals surface area contributed by atoms with Gasteiger partial charge in [0.25, 0.3) is 5.91 Å². The first-order chi connectivity index (χ1) is 14.5. The van der Waals surface area contributed by atoms with Crippen molar-refractivity contribution in [3.05, 3.63) is 94.6 Å². The highest BCUT2D eigenvalue weighted by Gasteiger charge is 2.13. The van der Waals surface area contributed by atoms with E-state index in [1.807, 2.05) is 50.2 Å². The van der Waals surface area contributed by atoms with Crippen molar-refractivity contribution in [2.75, 3.05) is 5.32 Å². The minimum absolute atomic E-state index is 0.0225. The maximum atomic E-state index is 13.8. The second kappa shape index (κ2) is 9.48. The van der Waals surface area contributed by atoms with E-state index in [0.717, 1.165) is 22.6 Å². The van der Waals surface area contributed by atoms with Crippen molar-refractivity contribution in [3.63, 3.8) is 0 Å². The number of aryl methyl sites for hydroxylation is 2. The van der Waals surface area contributed by atoms with Crippen LogP contribution in [0.4, 0.5) is 10.1 Å². The van der Waals surface area contributed by atoms with Gasteiger partial charge in [0.2, 0.25) is 0 Å². The van der Waals surface area contributed by atoms with Gasteiger partial charge in [0.05, 0.1) is 11.4 Å². The molecule has 0 saturated heterocycles. The number of halogens is 1. The number of pyridine rings is 1. The van der Waals surface area contributed by atoms with E-state index < -0.39 is 11.7 Å². The van der Waals surface area contributed by atoms with Crippen LogP contribution in [-0.4, -0.2) is 10.9 Å². The minimum Gasteiger partial charge on any atom is -0.487 e. The predicted octanol–water partition coefficient (Wildman–Crippen LogP) is 4.96. The third kappa shape index (κ3) is 5.09. The van der Waals surface area contributed by atoms with Gasteiger partial charge in [-0.1, -0.05) is 18.2 Å². The summed E-state index contributed by atoms with van der Waals surface area (Å²) in [5, 5.41) is 11.8. The molecule has 1 N–H and O–H groups in total. The lowest BCUT2D eigenvalue weighted by molar-refractivity contribution is -0.112. The van der Waals surface area contributed by atoms with Crippen LogP contribution in [-0.2, 0) is 11.4 Å². The van der Waals surface area contributed by atoms with E-state index in [-0.39, 0.29) is 11.3 Å². The van der Waals surface area contributed by atoms with Gasteiger partial charge in [0.1, 0.15) is 29.8 Å². The molecule has 3 rings (SSSR count). The van der Waals surface area contributed by atoms with E-state index in [2.05, 4.69) is 10.3 Å². The number of nitriles is 1. The number of ether oxygens (including phenoxy) is 1. The molecular weight excluding hydrogens is 381 g/mol. The quantitative estimate of drug-likeness (QED) is 0.468. The number of anilines is 1. The summed E-state index contributed by atoms with van der Waals surface area (Å²) in [5.74, 6) is -0.510. The number of rotatable bonds is 6. The van der Waals surface area contributed by atoms with Crippen LogP contribution in [0.3, 0.4) is 0 Å². The van der Waals surface area contributed by atoms with Crippen LogP contribution in [0.15, 0.2) is 66.4 Å². The molecule has 0 bridgehead atoms. The van der Waals surface area contributed by atoms with E-state index in [1.165, 1.54) is 24.3 Å². The summed E-state index contributed by atoms with van der Waals surface area (Å²) in [6, 6.07) is 17.0. The Hall–Kier alpha value is -3.98. The molecule has 30 heavy (non-hydrogen) atoms. The van der Waals surface area contributed by atoms with Crippen molar-refractivity contribution in [2.24, 2.45) is 0 Å². The summed E-state index contributed by atoms with van der Waals surface area (Å²) in [4.78, 5) is 16.6. The summed E-state index contributed by atoms with van der Waals surface area (Å²) in [7, 11) is 0. The molecule has 1 heterocycles. The monoisotopic (exact) mass is 401 g/mol. The van der Waals surface area contributed by atoms with Gasteiger partial charge < -0.3 is 10.1 Å². The highest BCUT2D eigenvalue weighted by Crippen LogP contribution is 2.27. The van der Waals surface area contributed by atoms with Gasteiger partial charge in [-0.3, -0.25) is 9.78 Å². The summed E-state index contributed by atoms with van der Waals surface area (Å²) in [6.45, 7) is 4.12. The molecule has 3 aromatic rings. The number of aromatic nitrogens is 1. The second-order valence-corrected chi connectivity index (χ2v) is 6.70. The number of nitrogens with one attached hydrogen (secondary N) is 1. The Balaban J connectivity index is 1.79. The van der Waals surface area contributed by atoms with E-state index >= 15 is 0 Å². The van der Waals surface area contributed by atoms with Gasteiger partial charge in [-0.05, 0) is 73.0 Å². The van der Waals surface area contributed by atoms with E-state index in [0.29, 0.717) is 12.2 Å². The molecule has 0 saturated carbocycles. The zero-order chi connectivity index (χ0) is 21.5. The molecule has 150 valence electrons. The fourth-order valence-electron chi connectivity index (χ4n) is 2.99. The van der Waals surface area contributed by atoms with E-state index in [1.54, 1.807) is 12.3 Å². The van der Waals surface area contributed by atoms with Crippen LogP contribution in [0, 0.1) is 31.0 Å². The number of para-hydroxylation sites is 1. The van der Waals surface area contributed by atoms with E-state index in [4.69, 9.17) is 4.74 Å². The normalized spacial score (nSPS) is 10.9. The van der Waals surface area contributed by atoms with Crippen molar-refractivity contribution in [2.45, 2.75) is 20.5 Å². The number of amides is 1. The number of hydrogen-bond donors (Lipinski definition) is 1. The Morgan fingerprint density at radius 1 is 1.17 bits per heavy atom. The lowest BCUT2D eigenvalue weighted by atomic mass is 10.0. The van der Waals surface area contributed by atoms with Crippen LogP contribution in [0.1, 0.15) is 22.4 Å². The average molecular weight is 401 g/mol. The molecular formula is C24H20FN3O2. The molecule has 5 nitrogen and oxygen atoms in total. The number of carbonyl (C=O) groups excluding carboxylic acids is 1. The number of benzene rings is 2. The van der Waals surface area contributed by atoms with Crippen LogP contribution in [0.25, 0.3) is 6.08 Å². The Kier molecular flexibility index (Phi) is 6.56. The summed E-state index contributed by atoms with van der Waals surface area (Å²) < 4.78 is 19.7. The van der Waals surface area contributed by atoms with Crippen molar-refractivity contribution in [3.8, 4) is 11.8 Å². The van der Waals surface area contributed by atoms with Crippen molar-refractivity contribution in [1.82, 2.24) is 4.98 Å². The molecule has 0 atom stereocenters. The van der Waals surface area contributed by atoms with Gasteiger partial charge in [-0.15, -0.1) is 0 Å². The van der Waals surface area contributed by atoms with Crippen LogP contribution >= 0.6 is 0 Å². The third-order valence-electron chi connectivity index (χ3n) is 4.37. The summed E-state index contributed by atoms with van der Waals surface area (Å²) >= 11 is 0. The number of hydrogen-bond acceptors (Lipinski definition) is 4. The lowest BCUT2D eigenvalue weighted by Crippen LogP contribution is -2.14. The summed E-state index contributed by atoms with van der Waals surface area (Å²) in [6.07, 6.45) is 3.18. The van der Waals surface area contributed by atoms with Crippen LogP contribution in [0.5, 0.6) is 5.75 Å². The first-order valence-corrected chi connectivity index (χ1v) is 9.29. The lowest BCUT2D eigenvalue weighted by Gasteiger charge is -2.13. The SMILES string of the molecule is Cc1cc(/C=C(\C#N)C(=O)Nc2ccccc2F)cc(C)c1OCc1ccccn1. The number of nitrogens with zero attached hydrogens (tertiary/aromatic N) is 2. The Morgan fingerprint density at radius 3 is 2.50 bits per heavy atom. The largest absolute Gasteiger partial charge is 0.487 e. The highest BCUT2D eigenvalue weighted by molar-refractivity contribution is 6.09. The molecule has 0 aliphatic carbocycles. The molecule has 0 radical (unpaired) electrons. The van der Waals surface area contributed by atoms with Crippen molar-refractivity contribution in [1.29, 1.82) is 5.26 Å². The zero-order valence-electron chi connectivity index (χ0n) is 16.6. The molecule has 0 unspecified atom stereocenters. The Bertz CT molecular complexity index is 1110. The van der Waals surface area contributed by atoms with Gasteiger partial charge in [-0.2, -0.15) is 5.26 Å². The van der Waals surface area contributed by atoms with Crippen molar-refractivity contribution >= 4 is 17.7 Å². The molecule has 1 aromatic heterocycles. The first kappa shape index (κ1) is 20.7. The van der Waals surface area contributed by atoms with Crippen LogP contribution in [0.2, 0.25) is 0 Å². The molecule has 0 aliphatic rings. The van der Waals surface area contributed by atoms with E-state index in [9.17, 15) is 14.4 Å². The van der Waals surface area contributed by atoms with Crippen LogP contribution < -0.4 is 10.1 Å². The fraction of sp³-hybridized carbons (Fsp3) is 0.125. The maximum Gasteiger partial charge on any atom is 0.266 e. The topological polar surface area (TPSA) is 75.0 Å². The average Bonchev–Trinajstić information content (AvgIpc) is 2.73. The van der Waals surface area contributed by atoms with Gasteiger partial charge in [0.15, 0.2) is 0 Å². The fourth-order valence-corrected chi connectivity index (χ4v) is 2.99. The maximum absolute atomic E-state index is 13.8. The third-order valence-corrected chi connectivity index (χ3v) is 4.37. The minimum atomic E-state index is -0.673. The molecule has 0 fully saturated rings. The first-order valence-electron chi connectivity index (χ1n) is 9.29. The highest BCUT2D eigenvalue weighted by atomic mass is 19.1. The standard InChI is InChI=1S/C24H20FN3O2/c1-16-11-18(12-17(2)23(16)30-15-20-7-5-6-10-27-20)13-19(14-26)24(29)28-22-9-4-3-8-21(22)25/h3-13H,15H2,1-2H3,(H,28,29)/b19-13+.